The summed E-state index contributed by atoms with van der Waals surface area (Å²) in [4.78, 5) is 85.8. The van der Waals surface area contributed by atoms with Crippen molar-refractivity contribution in [3.63, 3.8) is 0 Å². The summed E-state index contributed by atoms with van der Waals surface area (Å²) < 4.78 is 13.3. The number of hydrogen-bond donors (Lipinski definition) is 2. The molecule has 0 radical (unpaired) electrons. The largest absolute Gasteiger partial charge is 0.496 e. The molecular weight excluding hydrogens is 718 g/mol. The lowest BCUT2D eigenvalue weighted by Gasteiger charge is -2.40. The molecular formula is C41H43N7O8. The molecule has 1 unspecified atom stereocenters. The maximum atomic E-state index is 13.3. The van der Waals surface area contributed by atoms with E-state index in [9.17, 15) is 28.8 Å². The van der Waals surface area contributed by atoms with E-state index in [4.69, 9.17) is 9.47 Å². The fraction of sp³-hybridized carbons (Fsp3) is 0.390. The minimum absolute atomic E-state index is 0.0301. The third kappa shape index (κ3) is 6.76. The van der Waals surface area contributed by atoms with Crippen LogP contribution < -0.4 is 30.6 Å². The number of rotatable bonds is 10. The molecule has 0 bridgehead atoms. The Morgan fingerprint density at radius 2 is 1.61 bits per heavy atom. The first kappa shape index (κ1) is 36.9. The topological polar surface area (TPSA) is 172 Å². The van der Waals surface area contributed by atoms with Crippen LogP contribution in [0, 0.1) is 5.92 Å². The highest BCUT2D eigenvalue weighted by Gasteiger charge is 2.45. The van der Waals surface area contributed by atoms with Gasteiger partial charge in [0.2, 0.25) is 17.7 Å². The lowest BCUT2D eigenvalue weighted by atomic mass is 9.93. The van der Waals surface area contributed by atoms with Crippen LogP contribution in [-0.2, 0) is 28.0 Å². The fourth-order valence-corrected chi connectivity index (χ4v) is 8.48. The number of aryl methyl sites for hydroxylation is 1. The van der Waals surface area contributed by atoms with Crippen molar-refractivity contribution in [2.75, 3.05) is 45.3 Å². The van der Waals surface area contributed by atoms with Crippen molar-refractivity contribution >= 4 is 46.0 Å². The summed E-state index contributed by atoms with van der Waals surface area (Å²) in [7, 11) is 4.98. The number of aromatic nitrogens is 2. The summed E-state index contributed by atoms with van der Waals surface area (Å²) >= 11 is 0. The van der Waals surface area contributed by atoms with Gasteiger partial charge in [0.25, 0.3) is 17.4 Å². The molecule has 4 aliphatic rings. The van der Waals surface area contributed by atoms with Crippen molar-refractivity contribution in [2.24, 2.45) is 13.0 Å². The molecule has 15 nitrogen and oxygen atoms in total. The number of methoxy groups -OCH3 is 2. The molecule has 4 aromatic rings. The van der Waals surface area contributed by atoms with Crippen LogP contribution in [0.5, 0.6) is 11.5 Å². The fourth-order valence-electron chi connectivity index (χ4n) is 8.48. The standard InChI is InChI=1S/C41H43N7O8/c1-45-21-31(27-8-11-42-18-30(27)39(45)52)24-15-34(55-2)32(35(16-24)56-3)22-46-19-23(20-46)14-37(50)43-25-9-12-47(13-10-25)26-4-5-28-29(17-26)41(54)48(40(28)53)33-6-7-36(49)44-38(33)51/h4-5,8,11,15-18,21,23,25,33H,6-7,9-10,12-14,19-20,22H2,1-3H3,(H,43,50)(H,44,49,51). The van der Waals surface area contributed by atoms with Crippen LogP contribution in [0.15, 0.2) is 59.8 Å². The molecule has 8 rings (SSSR count). The number of fused-ring (bicyclic) bond motifs is 2. The van der Waals surface area contributed by atoms with Crippen molar-refractivity contribution in [3.05, 3.63) is 82.0 Å². The Balaban J connectivity index is 0.834. The maximum absolute atomic E-state index is 13.3. The maximum Gasteiger partial charge on any atom is 0.262 e. The van der Waals surface area contributed by atoms with Gasteiger partial charge in [0.1, 0.15) is 17.5 Å². The zero-order valence-electron chi connectivity index (χ0n) is 31.5. The zero-order valence-corrected chi connectivity index (χ0v) is 31.5. The lowest BCUT2D eigenvalue weighted by molar-refractivity contribution is -0.136. The van der Waals surface area contributed by atoms with E-state index in [2.05, 4.69) is 25.4 Å². The Hall–Kier alpha value is -6.09. The number of likely N-dealkylation sites (tertiary alicyclic amines) is 1. The third-order valence-corrected chi connectivity index (χ3v) is 11.4. The van der Waals surface area contributed by atoms with E-state index >= 15 is 0 Å². The molecule has 0 saturated carbocycles. The number of nitrogens with one attached hydrogen (secondary N) is 2. The van der Waals surface area contributed by atoms with Gasteiger partial charge in [-0.25, -0.2) is 0 Å². The summed E-state index contributed by atoms with van der Waals surface area (Å²) in [5.41, 5.74) is 3.82. The van der Waals surface area contributed by atoms with Gasteiger partial charge in [0.05, 0.1) is 36.3 Å². The van der Waals surface area contributed by atoms with E-state index in [0.717, 1.165) is 58.6 Å². The molecule has 1 atom stereocenters. The SMILES string of the molecule is COc1cc(-c2cn(C)c(=O)c3cnccc23)cc(OC)c1CN1CC(CC(=O)NC2CCN(c3ccc4c(c3)C(=O)N(C3CCC(=O)NC3=O)C4=O)CC2)C1. The van der Waals surface area contributed by atoms with Crippen LogP contribution in [0.1, 0.15) is 58.4 Å². The number of carbonyl (C=O) groups excluding carboxylic acids is 5. The number of ether oxygens (including phenoxy) is 2. The summed E-state index contributed by atoms with van der Waals surface area (Å²) in [6.45, 7) is 3.45. The predicted molar refractivity (Wildman–Crippen MR) is 205 cm³/mol. The van der Waals surface area contributed by atoms with Gasteiger partial charge < -0.3 is 24.3 Å². The summed E-state index contributed by atoms with van der Waals surface area (Å²) in [5.74, 6) is -0.489. The van der Waals surface area contributed by atoms with Crippen LogP contribution in [0.2, 0.25) is 0 Å². The summed E-state index contributed by atoms with van der Waals surface area (Å²) in [5, 5.41) is 6.77. The molecule has 2 aromatic carbocycles. The van der Waals surface area contributed by atoms with Gasteiger partial charge >= 0.3 is 0 Å². The van der Waals surface area contributed by atoms with E-state index in [1.54, 1.807) is 50.4 Å². The van der Waals surface area contributed by atoms with E-state index in [1.165, 1.54) is 0 Å². The van der Waals surface area contributed by atoms with Crippen molar-refractivity contribution in [3.8, 4) is 22.6 Å². The molecule has 2 N–H and O–H groups in total. The molecule has 56 heavy (non-hydrogen) atoms. The monoisotopic (exact) mass is 761 g/mol. The first-order valence-electron chi connectivity index (χ1n) is 18.8. The highest BCUT2D eigenvalue weighted by Crippen LogP contribution is 2.39. The first-order valence-corrected chi connectivity index (χ1v) is 18.8. The normalized spacial score (nSPS) is 19.2. The molecule has 290 valence electrons. The molecule has 5 amide bonds. The second kappa shape index (κ2) is 14.9. The van der Waals surface area contributed by atoms with Gasteiger partial charge in [0, 0.05) is 88.5 Å². The van der Waals surface area contributed by atoms with Gasteiger partial charge in [-0.05, 0) is 72.5 Å². The van der Waals surface area contributed by atoms with Crippen LogP contribution in [0.3, 0.4) is 0 Å². The lowest BCUT2D eigenvalue weighted by Crippen LogP contribution is -2.54. The Bertz CT molecular complexity index is 2320. The second-order valence-electron chi connectivity index (χ2n) is 15.0. The van der Waals surface area contributed by atoms with Crippen molar-refractivity contribution in [1.29, 1.82) is 0 Å². The molecule has 15 heteroatoms. The van der Waals surface area contributed by atoms with E-state index in [1.807, 2.05) is 30.5 Å². The molecule has 6 heterocycles. The van der Waals surface area contributed by atoms with Crippen LogP contribution in [-0.4, -0.2) is 101 Å². The number of anilines is 1. The third-order valence-electron chi connectivity index (χ3n) is 11.4. The quantitative estimate of drug-likeness (QED) is 0.228. The second-order valence-corrected chi connectivity index (χ2v) is 15.0. The summed E-state index contributed by atoms with van der Waals surface area (Å²) in [6, 6.07) is 9.95. The average molecular weight is 762 g/mol. The van der Waals surface area contributed by atoms with E-state index in [0.29, 0.717) is 42.9 Å². The number of amides is 5. The first-order chi connectivity index (χ1) is 27.0. The molecule has 3 fully saturated rings. The Morgan fingerprint density at radius 3 is 2.30 bits per heavy atom. The minimum Gasteiger partial charge on any atom is -0.496 e. The molecule has 0 aliphatic carbocycles. The molecule has 3 saturated heterocycles. The number of benzene rings is 2. The zero-order chi connectivity index (χ0) is 39.2. The van der Waals surface area contributed by atoms with E-state index < -0.39 is 29.7 Å². The summed E-state index contributed by atoms with van der Waals surface area (Å²) in [6.07, 6.45) is 7.15. The number of pyridine rings is 2. The number of nitrogens with zero attached hydrogens (tertiary/aromatic N) is 5. The van der Waals surface area contributed by atoms with Gasteiger partial charge in [-0.1, -0.05) is 0 Å². The van der Waals surface area contributed by atoms with Gasteiger partial charge in [-0.15, -0.1) is 0 Å². The Kier molecular flexibility index (Phi) is 9.78. The minimum atomic E-state index is -1.00. The number of hydrogen-bond acceptors (Lipinski definition) is 11. The van der Waals surface area contributed by atoms with Gasteiger partial charge in [0.15, 0.2) is 0 Å². The average Bonchev–Trinajstić information content (AvgIpc) is 3.43. The molecule has 0 spiro atoms. The molecule has 2 aromatic heterocycles. The van der Waals surface area contributed by atoms with Crippen molar-refractivity contribution in [1.82, 2.24) is 30.0 Å². The van der Waals surface area contributed by atoms with E-state index in [-0.39, 0.29) is 47.4 Å². The number of piperidine rings is 2. The Labute approximate surface area is 322 Å². The molecule has 4 aliphatic heterocycles. The van der Waals surface area contributed by atoms with Crippen LogP contribution in [0.25, 0.3) is 21.9 Å². The highest BCUT2D eigenvalue weighted by molar-refractivity contribution is 6.23. The van der Waals surface area contributed by atoms with Crippen LogP contribution >= 0.6 is 0 Å². The van der Waals surface area contributed by atoms with Gasteiger partial charge in [-0.2, -0.15) is 0 Å². The van der Waals surface area contributed by atoms with Crippen LogP contribution in [0.4, 0.5) is 5.69 Å². The van der Waals surface area contributed by atoms with Crippen molar-refractivity contribution < 1.29 is 33.4 Å². The van der Waals surface area contributed by atoms with Gasteiger partial charge in [-0.3, -0.25) is 48.9 Å². The predicted octanol–water partition coefficient (Wildman–Crippen LogP) is 2.63. The smallest absolute Gasteiger partial charge is 0.262 e. The highest BCUT2D eigenvalue weighted by atomic mass is 16.5. The number of carbonyl (C=O) groups is 5. The Morgan fingerprint density at radius 1 is 0.893 bits per heavy atom. The van der Waals surface area contributed by atoms with Crippen molar-refractivity contribution in [2.45, 2.75) is 50.7 Å². The number of imide groups is 2.